The maximum atomic E-state index is 9.43. The molecule has 0 bridgehead atoms. The molecule has 3 aromatic heterocycles. The molecule has 24 aromatic rings. The predicted molar refractivity (Wildman–Crippen MR) is 539 cm³/mol. The molecule has 0 aliphatic carbocycles. The molecule has 0 saturated carbocycles. The molecule has 0 atom stereocenters. The van der Waals surface area contributed by atoms with Crippen LogP contribution in [0, 0.1) is 34.0 Å². The van der Waals surface area contributed by atoms with Crippen LogP contribution in [0.5, 0.6) is 0 Å². The molecular weight excluding hydrogens is 1620 g/mol. The topological polar surface area (TPSA) is 168 Å². The summed E-state index contributed by atoms with van der Waals surface area (Å²) in [6.45, 7) is 0. The van der Waals surface area contributed by atoms with E-state index in [4.69, 9.17) is 4.98 Å². The van der Waals surface area contributed by atoms with Gasteiger partial charge in [0.25, 0.3) is 0 Å². The van der Waals surface area contributed by atoms with E-state index in [0.717, 1.165) is 129 Å². The first-order valence-corrected chi connectivity index (χ1v) is 43.4. The molecule has 15 nitrogen and oxygen atoms in total. The average Bonchev–Trinajstić information content (AvgIpc) is 0.728. The van der Waals surface area contributed by atoms with Crippen LogP contribution in [0.25, 0.3) is 97.0 Å². The van der Waals surface area contributed by atoms with Crippen LogP contribution in [0.2, 0.25) is 0 Å². The maximum absolute atomic E-state index is 9.43. The fourth-order valence-electron chi connectivity index (χ4n) is 18.7. The molecule has 24 rings (SSSR count). The second kappa shape index (κ2) is 34.6. The van der Waals surface area contributed by atoms with Gasteiger partial charge in [0.05, 0.1) is 75.2 Å². The highest BCUT2D eigenvalue weighted by molar-refractivity contribution is 6.31. The van der Waals surface area contributed by atoms with E-state index in [0.29, 0.717) is 22.6 Å². The Labute approximate surface area is 760 Å². The van der Waals surface area contributed by atoms with Crippen molar-refractivity contribution in [2.75, 3.05) is 29.4 Å². The number of hydrogen-bond donors (Lipinski definition) is 0. The van der Waals surface area contributed by atoms with Gasteiger partial charge in [-0.1, -0.05) is 218 Å². The first-order valence-electron chi connectivity index (χ1n) is 43.4. The molecule has 0 amide bonds. The summed E-state index contributed by atoms with van der Waals surface area (Å²) in [6, 6.07) is 149. The maximum Gasteiger partial charge on any atom is 0.234 e. The van der Waals surface area contributed by atoms with E-state index in [-0.39, 0.29) is 0 Å². The van der Waals surface area contributed by atoms with Crippen molar-refractivity contribution in [1.29, 1.82) is 15.8 Å². The fourth-order valence-corrected chi connectivity index (χ4v) is 18.7. The minimum absolute atomic E-state index is 0.616. The Bertz CT molecular complexity index is 7500. The number of benzene rings is 21. The fraction of sp³-hybridized carbons (Fsp3) is 0. The van der Waals surface area contributed by atoms with Gasteiger partial charge in [-0.15, -0.1) is 0 Å². The molecule has 0 aliphatic heterocycles. The lowest BCUT2D eigenvalue weighted by atomic mass is 9.92. The molecule has 0 N–H and O–H groups in total. The number of anilines is 18. The van der Waals surface area contributed by atoms with E-state index in [1.165, 1.54) is 64.6 Å². The summed E-state index contributed by atoms with van der Waals surface area (Å²) < 4.78 is 0. The first kappa shape index (κ1) is 79.2. The normalized spacial score (nSPS) is 11.2. The van der Waals surface area contributed by atoms with E-state index in [9.17, 15) is 15.8 Å². The van der Waals surface area contributed by atoms with Gasteiger partial charge < -0.3 is 14.7 Å². The van der Waals surface area contributed by atoms with Gasteiger partial charge in [0.15, 0.2) is 5.82 Å². The quantitative estimate of drug-likeness (QED) is 0.0744. The van der Waals surface area contributed by atoms with Gasteiger partial charge >= 0.3 is 0 Å². The van der Waals surface area contributed by atoms with Crippen LogP contribution in [0.15, 0.2) is 456 Å². The van der Waals surface area contributed by atoms with E-state index < -0.39 is 0 Å². The largest absolute Gasteiger partial charge is 0.310 e. The Hall–Kier alpha value is -18.8. The average molecular weight is 1690 g/mol. The molecule has 0 radical (unpaired) electrons. The monoisotopic (exact) mass is 1690 g/mol. The third-order valence-corrected chi connectivity index (χ3v) is 24.5. The minimum Gasteiger partial charge on any atom is -0.310 e. The van der Waals surface area contributed by atoms with Gasteiger partial charge in [0, 0.05) is 114 Å². The van der Waals surface area contributed by atoms with Crippen LogP contribution in [-0.2, 0) is 0 Å². The van der Waals surface area contributed by atoms with E-state index in [1.54, 1.807) is 43.5 Å². The van der Waals surface area contributed by atoms with Crippen LogP contribution < -0.4 is 29.4 Å². The summed E-state index contributed by atoms with van der Waals surface area (Å²) in [5.74, 6) is 2.17. The minimum atomic E-state index is 0.616. The summed E-state index contributed by atoms with van der Waals surface area (Å²) >= 11 is 0. The molecule has 618 valence electrons. The molecule has 0 saturated heterocycles. The highest BCUT2D eigenvalue weighted by Crippen LogP contribution is 2.53. The molecule has 0 aliphatic rings. The molecule has 15 heteroatoms. The van der Waals surface area contributed by atoms with Crippen LogP contribution in [-0.4, -0.2) is 29.9 Å². The molecule has 132 heavy (non-hydrogen) atoms. The summed E-state index contributed by atoms with van der Waals surface area (Å²) in [5.41, 5.74) is 17.4. The number of para-hydroxylation sites is 6. The zero-order valence-corrected chi connectivity index (χ0v) is 71.0. The van der Waals surface area contributed by atoms with E-state index in [2.05, 4.69) is 327 Å². The Balaban J connectivity index is 0.000000116. The van der Waals surface area contributed by atoms with Crippen LogP contribution in [0.3, 0.4) is 0 Å². The van der Waals surface area contributed by atoms with Crippen LogP contribution in [0.1, 0.15) is 16.7 Å². The lowest BCUT2D eigenvalue weighted by molar-refractivity contribution is 1.08. The molecule has 3 heterocycles. The van der Waals surface area contributed by atoms with Crippen molar-refractivity contribution in [2.24, 2.45) is 0 Å². The number of nitriles is 3. The van der Waals surface area contributed by atoms with Crippen molar-refractivity contribution >= 4 is 200 Å². The van der Waals surface area contributed by atoms with Gasteiger partial charge in [-0.2, -0.15) is 15.8 Å². The molecule has 0 spiro atoms. The second-order valence-corrected chi connectivity index (χ2v) is 32.0. The van der Waals surface area contributed by atoms with Gasteiger partial charge in [0.2, 0.25) is 5.95 Å². The van der Waals surface area contributed by atoms with E-state index in [1.807, 2.05) is 158 Å². The number of hydrogen-bond acceptors (Lipinski definition) is 15. The van der Waals surface area contributed by atoms with Crippen LogP contribution >= 0.6 is 0 Å². The van der Waals surface area contributed by atoms with Crippen molar-refractivity contribution in [3.05, 3.63) is 473 Å². The predicted octanol–water partition coefficient (Wildman–Crippen LogP) is 30.6. The lowest BCUT2D eigenvalue weighted by Crippen LogP contribution is -2.13. The third kappa shape index (κ3) is 14.5. The van der Waals surface area contributed by atoms with Crippen molar-refractivity contribution in [3.63, 3.8) is 0 Å². The summed E-state index contributed by atoms with van der Waals surface area (Å²) in [6.07, 6.45) is 12.2. The van der Waals surface area contributed by atoms with Gasteiger partial charge in [-0.25, -0.2) is 24.9 Å². The van der Waals surface area contributed by atoms with Crippen molar-refractivity contribution in [3.8, 4) is 18.2 Å². The number of nitrogens with zero attached hydrogens (tertiary/aromatic N) is 15. The van der Waals surface area contributed by atoms with E-state index >= 15 is 0 Å². The number of rotatable bonds is 18. The molecule has 21 aromatic carbocycles. The molecular formula is C117H75N15. The zero-order valence-electron chi connectivity index (χ0n) is 71.0. The Morgan fingerprint density at radius 2 is 0.439 bits per heavy atom. The van der Waals surface area contributed by atoms with Crippen molar-refractivity contribution < 1.29 is 0 Å². The van der Waals surface area contributed by atoms with Gasteiger partial charge in [-0.05, 0) is 259 Å². The Morgan fingerprint density at radius 1 is 0.182 bits per heavy atom. The van der Waals surface area contributed by atoms with Crippen molar-refractivity contribution in [2.45, 2.75) is 0 Å². The lowest BCUT2D eigenvalue weighted by Gasteiger charge is -2.28. The standard InChI is InChI=1S/3C39H25N5/c40-26-27-12-18-32(19-13-27)43(30-8-3-1-4-9-30)35-22-16-28-15-21-34-36(23-17-29-14-20-33(35)37(28)38(29)34)44(31-10-5-2-6-11-31)39-41-24-7-25-42-39;40-25-27-11-17-32(18-12-27)43(30-7-3-1-4-8-30)35-21-15-28-14-20-34-36(22-16-29-13-19-33(35)38(28)39(29)34)44(31-9-5-2-6-10-31)37-26-41-23-24-42-37;40-25-27-11-17-32(18-12-27)43(30-7-3-1-4-8-30)35-21-15-28-14-20-34-36(22-16-29-13-19-33(35)38(28)39(29)34)44(31-9-5-2-6-10-31)37-23-24-41-26-42-37/h1-25H;2*1-24,26H. The Morgan fingerprint density at radius 3 is 0.712 bits per heavy atom. The summed E-state index contributed by atoms with van der Waals surface area (Å²) in [5, 5.41) is 49.5. The zero-order chi connectivity index (χ0) is 88.4. The number of aromatic nitrogens is 6. The smallest absolute Gasteiger partial charge is 0.234 e. The van der Waals surface area contributed by atoms with Gasteiger partial charge in [-0.3, -0.25) is 19.7 Å². The van der Waals surface area contributed by atoms with Gasteiger partial charge in [0.1, 0.15) is 12.1 Å². The second-order valence-electron chi connectivity index (χ2n) is 32.0. The van der Waals surface area contributed by atoms with Crippen LogP contribution in [0.4, 0.5) is 103 Å². The summed E-state index contributed by atoms with van der Waals surface area (Å²) in [7, 11) is 0. The SMILES string of the molecule is N#Cc1ccc(N(c2ccccc2)c2ccc3ccc4c(N(c5ccccc5)c5ccncn5)ccc5ccc2c3c54)cc1.N#Cc1ccc(N(c2ccccc2)c2ccc3ccc4c(N(c5ccccc5)c5cnccn5)ccc5ccc2c3c54)cc1.N#Cc1ccc(N(c2ccccc2)c2ccc3ccc4c(N(c5ccccc5)c5ncccn5)ccc5ccc2c3c54)cc1. The molecule has 0 unspecified atom stereocenters. The highest BCUT2D eigenvalue weighted by Gasteiger charge is 2.28. The van der Waals surface area contributed by atoms with Crippen molar-refractivity contribution in [1.82, 2.24) is 29.9 Å². The first-order chi connectivity index (χ1) is 65.4. The summed E-state index contributed by atoms with van der Waals surface area (Å²) in [4.78, 5) is 40.5. The third-order valence-electron chi connectivity index (χ3n) is 24.5. The Kier molecular flexibility index (Phi) is 20.8. The molecule has 0 fully saturated rings. The highest BCUT2D eigenvalue weighted by atomic mass is 15.3.